The number of thioether (sulfide) groups is 1. The molecule has 0 aliphatic heterocycles. The molecule has 8 heteroatoms. The first kappa shape index (κ1) is 21.3. The first-order chi connectivity index (χ1) is 12.8. The number of ether oxygens (including phenoxy) is 2. The van der Waals surface area contributed by atoms with Crippen LogP contribution in [0, 0.1) is 10.8 Å². The first-order valence-electron chi connectivity index (χ1n) is 9.35. The summed E-state index contributed by atoms with van der Waals surface area (Å²) >= 11 is 1.20. The minimum atomic E-state index is -1.74. The van der Waals surface area contributed by atoms with E-state index >= 15 is 0 Å². The van der Waals surface area contributed by atoms with Crippen molar-refractivity contribution in [3.05, 3.63) is 11.1 Å². The van der Waals surface area contributed by atoms with Crippen molar-refractivity contribution >= 4 is 29.5 Å². The monoisotopic (exact) mass is 412 g/mol. The number of Topliss-reactive ketones (excluding diaryl/α,β-unsaturated/α-hetero) is 1. The molecule has 0 amide bonds. The van der Waals surface area contributed by atoms with Crippen LogP contribution in [-0.4, -0.2) is 63.4 Å². The van der Waals surface area contributed by atoms with Gasteiger partial charge in [-0.25, -0.2) is 0 Å². The molecule has 0 aromatic rings. The van der Waals surface area contributed by atoms with Gasteiger partial charge >= 0.3 is 11.9 Å². The predicted molar refractivity (Wildman–Crippen MR) is 103 cm³/mol. The van der Waals surface area contributed by atoms with Gasteiger partial charge in [0.05, 0.1) is 18.5 Å². The second kappa shape index (κ2) is 6.31. The zero-order chi connectivity index (χ0) is 21.3. The molecule has 0 aromatic carbocycles. The number of aliphatic hydroxyl groups is 2. The number of carbonyl (C=O) groups excluding carboxylic acids is 3. The molecule has 4 atom stereocenters. The van der Waals surface area contributed by atoms with Crippen LogP contribution in [0.5, 0.6) is 0 Å². The van der Waals surface area contributed by atoms with Crippen LogP contribution in [0.15, 0.2) is 11.1 Å². The van der Waals surface area contributed by atoms with E-state index in [2.05, 4.69) is 0 Å². The van der Waals surface area contributed by atoms with Crippen LogP contribution in [-0.2, 0) is 23.9 Å². The Kier molecular flexibility index (Phi) is 4.81. The lowest BCUT2D eigenvalue weighted by atomic mass is 9.61. The average Bonchev–Trinajstić information content (AvgIpc) is 3.36. The smallest absolute Gasteiger partial charge is 0.315 e. The fraction of sp³-hybridized carbons (Fsp3) is 0.750. The summed E-state index contributed by atoms with van der Waals surface area (Å²) in [6.07, 6.45) is 0.175. The number of carbonyl (C=O) groups is 3. The van der Waals surface area contributed by atoms with Crippen molar-refractivity contribution in [2.45, 2.75) is 70.0 Å². The number of esters is 2. The van der Waals surface area contributed by atoms with Gasteiger partial charge in [-0.1, -0.05) is 13.8 Å². The Labute approximate surface area is 168 Å². The maximum absolute atomic E-state index is 13.4. The highest BCUT2D eigenvalue weighted by molar-refractivity contribution is 8.00. The van der Waals surface area contributed by atoms with Gasteiger partial charge in [-0.2, -0.15) is 0 Å². The average molecular weight is 413 g/mol. The SMILES string of the molecule is COC(=O)CS[C@@H]1C2=C([C@@H](OC(C)=O)C1(C)C)[C@](C)(O)C1(CC1)[C@@](C)(O)C2=O. The predicted octanol–water partition coefficient (Wildman–Crippen LogP) is 1.39. The van der Waals surface area contributed by atoms with Gasteiger partial charge in [0.1, 0.15) is 11.7 Å². The Morgan fingerprint density at radius 1 is 1.14 bits per heavy atom. The van der Waals surface area contributed by atoms with E-state index in [9.17, 15) is 24.6 Å². The van der Waals surface area contributed by atoms with Crippen molar-refractivity contribution in [1.29, 1.82) is 0 Å². The number of hydrogen-bond acceptors (Lipinski definition) is 8. The van der Waals surface area contributed by atoms with Gasteiger partial charge in [-0.15, -0.1) is 11.8 Å². The molecule has 2 N–H and O–H groups in total. The van der Waals surface area contributed by atoms with E-state index < -0.39 is 51.1 Å². The van der Waals surface area contributed by atoms with Crippen LogP contribution >= 0.6 is 11.8 Å². The van der Waals surface area contributed by atoms with Gasteiger partial charge in [0, 0.05) is 34.1 Å². The molecule has 7 nitrogen and oxygen atoms in total. The third kappa shape index (κ3) is 2.60. The maximum atomic E-state index is 13.4. The Morgan fingerprint density at radius 3 is 2.18 bits per heavy atom. The number of ketones is 1. The molecular weight excluding hydrogens is 384 g/mol. The summed E-state index contributed by atoms with van der Waals surface area (Å²) in [6, 6.07) is 0. The molecule has 1 spiro atoms. The molecule has 156 valence electrons. The highest BCUT2D eigenvalue weighted by Gasteiger charge is 2.76. The zero-order valence-corrected chi connectivity index (χ0v) is 17.9. The van der Waals surface area contributed by atoms with Gasteiger partial charge < -0.3 is 19.7 Å². The molecule has 0 saturated heterocycles. The third-order valence-corrected chi connectivity index (χ3v) is 8.45. The van der Waals surface area contributed by atoms with Crippen LogP contribution in [0.3, 0.4) is 0 Å². The molecule has 0 bridgehead atoms. The summed E-state index contributed by atoms with van der Waals surface area (Å²) in [5.41, 5.74) is -4.39. The number of rotatable bonds is 4. The van der Waals surface area contributed by atoms with E-state index in [-0.39, 0.29) is 11.3 Å². The quantitative estimate of drug-likeness (QED) is 0.667. The topological polar surface area (TPSA) is 110 Å². The Balaban J connectivity index is 2.18. The van der Waals surface area contributed by atoms with Crippen molar-refractivity contribution < 1.29 is 34.1 Å². The van der Waals surface area contributed by atoms with Crippen molar-refractivity contribution in [2.24, 2.45) is 10.8 Å². The number of methoxy groups -OCH3 is 1. The molecule has 3 rings (SSSR count). The fourth-order valence-corrected chi connectivity index (χ4v) is 6.49. The second-order valence-corrected chi connectivity index (χ2v) is 10.1. The van der Waals surface area contributed by atoms with E-state index in [0.29, 0.717) is 18.4 Å². The van der Waals surface area contributed by atoms with Gasteiger partial charge in [-0.05, 0) is 26.7 Å². The zero-order valence-electron chi connectivity index (χ0n) is 17.1. The molecule has 0 unspecified atom stereocenters. The third-order valence-electron chi connectivity index (χ3n) is 6.87. The lowest BCUT2D eigenvalue weighted by Crippen LogP contribution is -2.61. The van der Waals surface area contributed by atoms with Crippen molar-refractivity contribution in [3.8, 4) is 0 Å². The highest BCUT2D eigenvalue weighted by Crippen LogP contribution is 2.70. The number of hydrogen-bond donors (Lipinski definition) is 2. The molecule has 0 heterocycles. The van der Waals surface area contributed by atoms with Crippen LogP contribution < -0.4 is 0 Å². The molecule has 0 radical (unpaired) electrons. The van der Waals surface area contributed by atoms with Crippen LogP contribution in [0.4, 0.5) is 0 Å². The molecule has 28 heavy (non-hydrogen) atoms. The van der Waals surface area contributed by atoms with Crippen molar-refractivity contribution in [3.63, 3.8) is 0 Å². The standard InChI is InChI=1S/C20H28O7S/c1-10(21)27-15-13-12(16(17(15,2)3)28-9-11(22)26-6)14(23)19(5,25)20(7-8-20)18(13,4)24/h15-16,24-25H,7-9H2,1-6H3/t15-,16-,18+,19+/m1/s1. The summed E-state index contributed by atoms with van der Waals surface area (Å²) < 4.78 is 10.3. The lowest BCUT2D eigenvalue weighted by Gasteiger charge is -2.48. The van der Waals surface area contributed by atoms with Gasteiger partial charge in [0.2, 0.25) is 0 Å². The van der Waals surface area contributed by atoms with Crippen molar-refractivity contribution in [1.82, 2.24) is 0 Å². The molecule has 1 saturated carbocycles. The van der Waals surface area contributed by atoms with Crippen molar-refractivity contribution in [2.75, 3.05) is 12.9 Å². The summed E-state index contributed by atoms with van der Waals surface area (Å²) in [5, 5.41) is 22.2. The van der Waals surface area contributed by atoms with E-state index in [0.717, 1.165) is 0 Å². The van der Waals surface area contributed by atoms with Crippen LogP contribution in [0.1, 0.15) is 47.5 Å². The normalized spacial score (nSPS) is 37.6. The van der Waals surface area contributed by atoms with Crippen LogP contribution in [0.25, 0.3) is 0 Å². The summed E-state index contributed by atoms with van der Waals surface area (Å²) in [6.45, 7) is 8.01. The lowest BCUT2D eigenvalue weighted by molar-refractivity contribution is -0.163. The maximum Gasteiger partial charge on any atom is 0.315 e. The molecule has 3 aliphatic carbocycles. The summed E-state index contributed by atoms with van der Waals surface area (Å²) in [5.74, 6) is -1.43. The molecule has 0 aromatic heterocycles. The van der Waals surface area contributed by atoms with Crippen LogP contribution in [0.2, 0.25) is 0 Å². The van der Waals surface area contributed by atoms with E-state index in [1.165, 1.54) is 32.7 Å². The highest BCUT2D eigenvalue weighted by atomic mass is 32.2. The molecule has 3 aliphatic rings. The molecular formula is C20H28O7S. The Hall–Kier alpha value is -1.38. The fourth-order valence-electron chi connectivity index (χ4n) is 5.12. The Bertz CT molecular complexity index is 773. The Morgan fingerprint density at radius 2 is 1.71 bits per heavy atom. The second-order valence-electron chi connectivity index (χ2n) is 8.96. The minimum absolute atomic E-state index is 0.00310. The summed E-state index contributed by atoms with van der Waals surface area (Å²) in [4.78, 5) is 37.0. The van der Waals surface area contributed by atoms with E-state index in [1.54, 1.807) is 6.92 Å². The van der Waals surface area contributed by atoms with Gasteiger partial charge in [-0.3, -0.25) is 14.4 Å². The van der Waals surface area contributed by atoms with E-state index in [1.807, 2.05) is 13.8 Å². The first-order valence-corrected chi connectivity index (χ1v) is 10.4. The van der Waals surface area contributed by atoms with Gasteiger partial charge in [0.25, 0.3) is 0 Å². The van der Waals surface area contributed by atoms with Gasteiger partial charge in [0.15, 0.2) is 5.78 Å². The largest absolute Gasteiger partial charge is 0.468 e. The summed E-state index contributed by atoms with van der Waals surface area (Å²) in [7, 11) is 1.28. The minimum Gasteiger partial charge on any atom is -0.468 e. The van der Waals surface area contributed by atoms with E-state index in [4.69, 9.17) is 9.47 Å². The molecule has 1 fully saturated rings.